The highest BCUT2D eigenvalue weighted by molar-refractivity contribution is 5.94. The van der Waals surface area contributed by atoms with Gasteiger partial charge in [0.25, 0.3) is 5.56 Å². The first-order valence-corrected chi connectivity index (χ1v) is 7.82. The van der Waals surface area contributed by atoms with Crippen LogP contribution in [0.4, 0.5) is 5.69 Å². The summed E-state index contributed by atoms with van der Waals surface area (Å²) >= 11 is 0. The summed E-state index contributed by atoms with van der Waals surface area (Å²) in [5.74, 6) is -0.319. The molecule has 0 aliphatic carbocycles. The predicted octanol–water partition coefficient (Wildman–Crippen LogP) is 0.610. The second kappa shape index (κ2) is 5.96. The average Bonchev–Trinajstić information content (AvgIpc) is 3.04. The number of H-pyrrole nitrogens is 1. The molecule has 4 rings (SSSR count). The maximum absolute atomic E-state index is 12.4. The van der Waals surface area contributed by atoms with Crippen molar-refractivity contribution < 1.29 is 4.79 Å². The Kier molecular flexibility index (Phi) is 3.61. The van der Waals surface area contributed by atoms with Crippen molar-refractivity contribution in [3.05, 3.63) is 63.7 Å². The molecule has 4 aromatic rings. The Morgan fingerprint density at radius 3 is 2.92 bits per heavy atom. The number of hydrogen-bond donors (Lipinski definition) is 2. The van der Waals surface area contributed by atoms with Gasteiger partial charge in [0.15, 0.2) is 11.2 Å². The van der Waals surface area contributed by atoms with E-state index < -0.39 is 11.2 Å². The number of nitrogens with zero attached hydrogens (tertiary/aromatic N) is 4. The lowest BCUT2D eigenvalue weighted by atomic mass is 10.2. The van der Waals surface area contributed by atoms with Crippen LogP contribution in [0.25, 0.3) is 22.1 Å². The summed E-state index contributed by atoms with van der Waals surface area (Å²) in [6.07, 6.45) is 3.07. The Morgan fingerprint density at radius 1 is 1.23 bits per heavy atom. The minimum atomic E-state index is -0.579. The molecule has 0 aliphatic heterocycles. The lowest BCUT2D eigenvalue weighted by Crippen LogP contribution is -2.30. The SMILES string of the molecule is Cn1c(=O)[nH]c(=O)c2c1ncn2CC(=O)Nc1ccc2ncccc2c1. The number of fused-ring (bicyclic) bond motifs is 2. The van der Waals surface area contributed by atoms with Crippen molar-refractivity contribution in [2.75, 3.05) is 5.32 Å². The normalized spacial score (nSPS) is 11.1. The fourth-order valence-corrected chi connectivity index (χ4v) is 2.81. The number of nitrogens with one attached hydrogen (secondary N) is 2. The third-order valence-corrected chi connectivity index (χ3v) is 4.08. The molecule has 0 unspecified atom stereocenters. The number of imidazole rings is 1. The van der Waals surface area contributed by atoms with Gasteiger partial charge >= 0.3 is 5.69 Å². The monoisotopic (exact) mass is 350 g/mol. The minimum absolute atomic E-state index is 0.108. The van der Waals surface area contributed by atoms with Crippen LogP contribution in [-0.2, 0) is 18.4 Å². The van der Waals surface area contributed by atoms with Gasteiger partial charge in [-0.15, -0.1) is 0 Å². The number of carbonyl (C=O) groups excluding carboxylic acids is 1. The van der Waals surface area contributed by atoms with E-state index in [1.165, 1.54) is 22.5 Å². The number of carbonyl (C=O) groups is 1. The summed E-state index contributed by atoms with van der Waals surface area (Å²) in [5, 5.41) is 3.69. The van der Waals surface area contributed by atoms with E-state index in [0.717, 1.165) is 10.9 Å². The number of pyridine rings is 1. The zero-order chi connectivity index (χ0) is 18.3. The van der Waals surface area contributed by atoms with Gasteiger partial charge in [0.1, 0.15) is 6.54 Å². The third kappa shape index (κ3) is 2.65. The van der Waals surface area contributed by atoms with Gasteiger partial charge in [-0.25, -0.2) is 9.78 Å². The molecule has 0 aliphatic rings. The number of aromatic amines is 1. The van der Waals surface area contributed by atoms with Crippen molar-refractivity contribution in [1.29, 1.82) is 0 Å². The Balaban J connectivity index is 1.62. The summed E-state index contributed by atoms with van der Waals surface area (Å²) < 4.78 is 2.63. The van der Waals surface area contributed by atoms with Gasteiger partial charge < -0.3 is 9.88 Å². The van der Waals surface area contributed by atoms with E-state index in [2.05, 4.69) is 20.3 Å². The summed E-state index contributed by atoms with van der Waals surface area (Å²) in [6.45, 7) is -0.108. The van der Waals surface area contributed by atoms with Crippen molar-refractivity contribution in [1.82, 2.24) is 24.1 Å². The van der Waals surface area contributed by atoms with Gasteiger partial charge in [-0.2, -0.15) is 0 Å². The van der Waals surface area contributed by atoms with Crippen molar-refractivity contribution in [3.63, 3.8) is 0 Å². The molecule has 0 atom stereocenters. The van der Waals surface area contributed by atoms with Crippen LogP contribution in [0.5, 0.6) is 0 Å². The van der Waals surface area contributed by atoms with Crippen LogP contribution in [-0.4, -0.2) is 30.0 Å². The molecule has 0 saturated carbocycles. The Labute approximate surface area is 145 Å². The Morgan fingerprint density at radius 2 is 2.08 bits per heavy atom. The molecule has 130 valence electrons. The maximum atomic E-state index is 12.4. The van der Waals surface area contributed by atoms with Crippen molar-refractivity contribution in [2.24, 2.45) is 7.05 Å². The molecular formula is C17H14N6O3. The van der Waals surface area contributed by atoms with Crippen LogP contribution in [0.15, 0.2) is 52.4 Å². The highest BCUT2D eigenvalue weighted by Crippen LogP contribution is 2.17. The Bertz CT molecular complexity index is 1270. The molecule has 3 aromatic heterocycles. The molecule has 0 fully saturated rings. The van der Waals surface area contributed by atoms with Gasteiger partial charge in [0.05, 0.1) is 11.8 Å². The molecule has 3 heterocycles. The van der Waals surface area contributed by atoms with Gasteiger partial charge in [-0.1, -0.05) is 6.07 Å². The fraction of sp³-hybridized carbons (Fsp3) is 0.118. The molecule has 9 heteroatoms. The van der Waals surface area contributed by atoms with Gasteiger partial charge in [0.2, 0.25) is 5.91 Å². The quantitative estimate of drug-likeness (QED) is 0.562. The van der Waals surface area contributed by atoms with E-state index in [-0.39, 0.29) is 23.6 Å². The minimum Gasteiger partial charge on any atom is -0.325 e. The molecule has 1 aromatic carbocycles. The number of benzene rings is 1. The lowest BCUT2D eigenvalue weighted by molar-refractivity contribution is -0.116. The average molecular weight is 350 g/mol. The van der Waals surface area contributed by atoms with Crippen molar-refractivity contribution >= 4 is 33.7 Å². The van der Waals surface area contributed by atoms with Gasteiger partial charge in [-0.3, -0.25) is 24.1 Å². The van der Waals surface area contributed by atoms with Crippen LogP contribution >= 0.6 is 0 Å². The highest BCUT2D eigenvalue weighted by atomic mass is 16.2. The molecule has 1 amide bonds. The second-order valence-electron chi connectivity index (χ2n) is 5.82. The zero-order valence-corrected chi connectivity index (χ0v) is 13.8. The summed E-state index contributed by atoms with van der Waals surface area (Å²) in [5.41, 5.74) is 0.722. The van der Waals surface area contributed by atoms with E-state index in [9.17, 15) is 14.4 Å². The fourth-order valence-electron chi connectivity index (χ4n) is 2.81. The van der Waals surface area contributed by atoms with Gasteiger partial charge in [0, 0.05) is 24.3 Å². The maximum Gasteiger partial charge on any atom is 0.329 e. The molecule has 0 saturated heterocycles. The number of aryl methyl sites for hydroxylation is 1. The molecule has 0 spiro atoms. The molecule has 9 nitrogen and oxygen atoms in total. The zero-order valence-electron chi connectivity index (χ0n) is 13.8. The lowest BCUT2D eigenvalue weighted by Gasteiger charge is -2.07. The predicted molar refractivity (Wildman–Crippen MR) is 96.0 cm³/mol. The summed E-state index contributed by atoms with van der Waals surface area (Å²) in [7, 11) is 1.50. The summed E-state index contributed by atoms with van der Waals surface area (Å²) in [4.78, 5) is 46.5. The topological polar surface area (TPSA) is 115 Å². The Hall–Kier alpha value is -3.75. The number of anilines is 1. The molecule has 2 N–H and O–H groups in total. The molecule has 0 bridgehead atoms. The summed E-state index contributed by atoms with van der Waals surface area (Å²) in [6, 6.07) is 9.13. The first-order valence-electron chi connectivity index (χ1n) is 7.82. The standard InChI is InChI=1S/C17H14N6O3/c1-22-15-14(16(25)21-17(22)26)23(9-19-15)8-13(24)20-11-4-5-12-10(7-11)3-2-6-18-12/h2-7,9H,8H2,1H3,(H,20,24)(H,21,25,26). The molecule has 26 heavy (non-hydrogen) atoms. The van der Waals surface area contributed by atoms with Crippen molar-refractivity contribution in [2.45, 2.75) is 6.54 Å². The van der Waals surface area contributed by atoms with E-state index in [1.807, 2.05) is 24.3 Å². The number of hydrogen-bond acceptors (Lipinski definition) is 5. The van der Waals surface area contributed by atoms with Gasteiger partial charge in [-0.05, 0) is 24.3 Å². The number of rotatable bonds is 3. The second-order valence-corrected chi connectivity index (χ2v) is 5.82. The van der Waals surface area contributed by atoms with Crippen LogP contribution in [0.2, 0.25) is 0 Å². The van der Waals surface area contributed by atoms with E-state index in [0.29, 0.717) is 5.69 Å². The van der Waals surface area contributed by atoms with Crippen LogP contribution < -0.4 is 16.6 Å². The number of amides is 1. The largest absolute Gasteiger partial charge is 0.329 e. The van der Waals surface area contributed by atoms with Crippen molar-refractivity contribution in [3.8, 4) is 0 Å². The van der Waals surface area contributed by atoms with Crippen LogP contribution in [0, 0.1) is 0 Å². The first-order chi connectivity index (χ1) is 12.5. The van der Waals surface area contributed by atoms with E-state index >= 15 is 0 Å². The van der Waals surface area contributed by atoms with Crippen LogP contribution in [0.1, 0.15) is 0 Å². The third-order valence-electron chi connectivity index (χ3n) is 4.08. The first kappa shape index (κ1) is 15.8. The van der Waals surface area contributed by atoms with E-state index in [1.54, 1.807) is 12.3 Å². The smallest absolute Gasteiger partial charge is 0.325 e. The van der Waals surface area contributed by atoms with E-state index in [4.69, 9.17) is 0 Å². The molecular weight excluding hydrogens is 336 g/mol. The highest BCUT2D eigenvalue weighted by Gasteiger charge is 2.14. The molecule has 0 radical (unpaired) electrons. The number of aromatic nitrogens is 5. The van der Waals surface area contributed by atoms with Crippen LogP contribution in [0.3, 0.4) is 0 Å².